The first-order chi connectivity index (χ1) is 8.65. The van der Waals surface area contributed by atoms with Crippen LogP contribution in [0.25, 0.3) is 0 Å². The SMILES string of the molecule is CC(Nc1ccc(CN(C)C)cc1)c1cncs1. The number of aromatic nitrogens is 1. The molecule has 1 unspecified atom stereocenters. The Hall–Kier alpha value is -1.39. The second kappa shape index (κ2) is 5.98. The standard InChI is InChI=1S/C14H19N3S/c1-11(14-8-15-10-18-14)16-13-6-4-12(5-7-13)9-17(2)3/h4-8,10-11,16H,9H2,1-3H3. The fourth-order valence-electron chi connectivity index (χ4n) is 1.83. The van der Waals surface area contributed by atoms with Gasteiger partial charge in [0.15, 0.2) is 0 Å². The van der Waals surface area contributed by atoms with Crippen molar-refractivity contribution in [1.82, 2.24) is 9.88 Å². The van der Waals surface area contributed by atoms with Gasteiger partial charge < -0.3 is 10.2 Å². The molecule has 1 heterocycles. The van der Waals surface area contributed by atoms with E-state index < -0.39 is 0 Å². The first kappa shape index (κ1) is 13.1. The summed E-state index contributed by atoms with van der Waals surface area (Å²) in [5, 5.41) is 3.48. The van der Waals surface area contributed by atoms with Gasteiger partial charge in [0, 0.05) is 23.3 Å². The Morgan fingerprint density at radius 3 is 2.56 bits per heavy atom. The quantitative estimate of drug-likeness (QED) is 0.894. The minimum atomic E-state index is 0.303. The lowest BCUT2D eigenvalue weighted by molar-refractivity contribution is 0.402. The monoisotopic (exact) mass is 261 g/mol. The summed E-state index contributed by atoms with van der Waals surface area (Å²) in [6.45, 7) is 3.13. The lowest BCUT2D eigenvalue weighted by Crippen LogP contribution is -2.10. The third-order valence-electron chi connectivity index (χ3n) is 2.71. The molecule has 96 valence electrons. The molecule has 0 saturated carbocycles. The van der Waals surface area contributed by atoms with Gasteiger partial charge in [0.25, 0.3) is 0 Å². The topological polar surface area (TPSA) is 28.2 Å². The highest BCUT2D eigenvalue weighted by Gasteiger charge is 2.06. The largest absolute Gasteiger partial charge is 0.378 e. The summed E-state index contributed by atoms with van der Waals surface area (Å²) in [7, 11) is 4.16. The lowest BCUT2D eigenvalue weighted by atomic mass is 10.2. The van der Waals surface area contributed by atoms with E-state index in [4.69, 9.17) is 0 Å². The van der Waals surface area contributed by atoms with Gasteiger partial charge in [-0.15, -0.1) is 11.3 Å². The van der Waals surface area contributed by atoms with Crippen LogP contribution in [0.1, 0.15) is 23.4 Å². The van der Waals surface area contributed by atoms with Crippen molar-refractivity contribution in [2.75, 3.05) is 19.4 Å². The Kier molecular flexibility index (Phi) is 4.33. The van der Waals surface area contributed by atoms with Crippen molar-refractivity contribution in [2.45, 2.75) is 19.5 Å². The fourth-order valence-corrected chi connectivity index (χ4v) is 2.46. The van der Waals surface area contributed by atoms with Crippen LogP contribution in [-0.2, 0) is 6.54 Å². The summed E-state index contributed by atoms with van der Waals surface area (Å²) < 4.78 is 0. The van der Waals surface area contributed by atoms with Crippen LogP contribution in [0, 0.1) is 0 Å². The van der Waals surface area contributed by atoms with Crippen LogP contribution in [0.5, 0.6) is 0 Å². The number of nitrogens with zero attached hydrogens (tertiary/aromatic N) is 2. The molecule has 2 rings (SSSR count). The highest BCUT2D eigenvalue weighted by Crippen LogP contribution is 2.22. The summed E-state index contributed by atoms with van der Waals surface area (Å²) in [5.74, 6) is 0. The smallest absolute Gasteiger partial charge is 0.0795 e. The Morgan fingerprint density at radius 2 is 2.00 bits per heavy atom. The van der Waals surface area contributed by atoms with Crippen LogP contribution in [0.15, 0.2) is 36.0 Å². The molecule has 0 amide bonds. The molecule has 0 aliphatic carbocycles. The van der Waals surface area contributed by atoms with Gasteiger partial charge in [-0.05, 0) is 38.7 Å². The second-order valence-electron chi connectivity index (χ2n) is 4.70. The minimum Gasteiger partial charge on any atom is -0.378 e. The van der Waals surface area contributed by atoms with Crippen LogP contribution < -0.4 is 5.32 Å². The molecule has 18 heavy (non-hydrogen) atoms. The summed E-state index contributed by atoms with van der Waals surface area (Å²) in [6.07, 6.45) is 1.92. The van der Waals surface area contributed by atoms with Gasteiger partial charge >= 0.3 is 0 Å². The molecule has 1 aromatic carbocycles. The highest BCUT2D eigenvalue weighted by atomic mass is 32.1. The summed E-state index contributed by atoms with van der Waals surface area (Å²) in [4.78, 5) is 7.53. The third kappa shape index (κ3) is 3.55. The van der Waals surface area contributed by atoms with E-state index in [0.29, 0.717) is 6.04 Å². The Bertz CT molecular complexity index is 462. The second-order valence-corrected chi connectivity index (χ2v) is 5.62. The zero-order valence-corrected chi connectivity index (χ0v) is 11.9. The zero-order valence-electron chi connectivity index (χ0n) is 11.1. The van der Waals surface area contributed by atoms with Crippen molar-refractivity contribution in [3.63, 3.8) is 0 Å². The maximum atomic E-state index is 4.10. The maximum Gasteiger partial charge on any atom is 0.0795 e. The molecule has 0 saturated heterocycles. The molecule has 0 bridgehead atoms. The summed E-state index contributed by atoms with van der Waals surface area (Å²) >= 11 is 1.68. The van der Waals surface area contributed by atoms with Crippen LogP contribution in [0.4, 0.5) is 5.69 Å². The number of nitrogens with one attached hydrogen (secondary N) is 1. The van der Waals surface area contributed by atoms with Crippen LogP contribution in [0.2, 0.25) is 0 Å². The van der Waals surface area contributed by atoms with E-state index >= 15 is 0 Å². The van der Waals surface area contributed by atoms with Gasteiger partial charge in [-0.25, -0.2) is 0 Å². The molecule has 0 aliphatic rings. The van der Waals surface area contributed by atoms with Gasteiger partial charge in [-0.1, -0.05) is 12.1 Å². The number of thiazole rings is 1. The molecule has 1 atom stereocenters. The maximum absolute atomic E-state index is 4.10. The third-order valence-corrected chi connectivity index (χ3v) is 3.67. The summed E-state index contributed by atoms with van der Waals surface area (Å²) in [5.41, 5.74) is 4.35. The molecule has 0 aliphatic heterocycles. The van der Waals surface area contributed by atoms with E-state index in [2.05, 4.69) is 60.5 Å². The van der Waals surface area contributed by atoms with Crippen LogP contribution >= 0.6 is 11.3 Å². The number of benzene rings is 1. The molecule has 0 fully saturated rings. The number of anilines is 1. The first-order valence-corrected chi connectivity index (χ1v) is 6.91. The molecule has 1 aromatic heterocycles. The Morgan fingerprint density at radius 1 is 1.28 bits per heavy atom. The average Bonchev–Trinajstić information content (AvgIpc) is 2.84. The van der Waals surface area contributed by atoms with Crippen molar-refractivity contribution < 1.29 is 0 Å². The van der Waals surface area contributed by atoms with Gasteiger partial charge in [-0.2, -0.15) is 0 Å². The van der Waals surface area contributed by atoms with Crippen LogP contribution in [0.3, 0.4) is 0 Å². The number of hydrogen-bond donors (Lipinski definition) is 1. The predicted molar refractivity (Wildman–Crippen MR) is 78.0 cm³/mol. The zero-order chi connectivity index (χ0) is 13.0. The average molecular weight is 261 g/mol. The molecule has 0 radical (unpaired) electrons. The fraction of sp³-hybridized carbons (Fsp3) is 0.357. The number of rotatable bonds is 5. The summed E-state index contributed by atoms with van der Waals surface area (Å²) in [6, 6.07) is 8.91. The molecule has 3 nitrogen and oxygen atoms in total. The van der Waals surface area contributed by atoms with E-state index in [0.717, 1.165) is 12.2 Å². The molecule has 1 N–H and O–H groups in total. The lowest BCUT2D eigenvalue weighted by Gasteiger charge is -2.14. The van der Waals surface area contributed by atoms with Gasteiger partial charge in [0.1, 0.15) is 0 Å². The van der Waals surface area contributed by atoms with E-state index in [1.165, 1.54) is 10.4 Å². The van der Waals surface area contributed by atoms with Crippen molar-refractivity contribution in [2.24, 2.45) is 0 Å². The van der Waals surface area contributed by atoms with Gasteiger partial charge in [-0.3, -0.25) is 4.98 Å². The van der Waals surface area contributed by atoms with Crippen molar-refractivity contribution in [1.29, 1.82) is 0 Å². The minimum absolute atomic E-state index is 0.303. The van der Waals surface area contributed by atoms with E-state index in [-0.39, 0.29) is 0 Å². The molecule has 0 spiro atoms. The van der Waals surface area contributed by atoms with Crippen molar-refractivity contribution in [3.8, 4) is 0 Å². The van der Waals surface area contributed by atoms with E-state index in [9.17, 15) is 0 Å². The Balaban J connectivity index is 1.98. The van der Waals surface area contributed by atoms with Gasteiger partial charge in [0.2, 0.25) is 0 Å². The normalized spacial score (nSPS) is 12.7. The van der Waals surface area contributed by atoms with E-state index in [1.54, 1.807) is 11.3 Å². The molecular weight excluding hydrogens is 242 g/mol. The molecule has 4 heteroatoms. The highest BCUT2D eigenvalue weighted by molar-refractivity contribution is 7.09. The predicted octanol–water partition coefficient (Wildman–Crippen LogP) is 3.38. The molecule has 2 aromatic rings. The number of hydrogen-bond acceptors (Lipinski definition) is 4. The van der Waals surface area contributed by atoms with Crippen molar-refractivity contribution in [3.05, 3.63) is 46.4 Å². The van der Waals surface area contributed by atoms with E-state index in [1.807, 2.05) is 11.7 Å². The Labute approximate surface area is 112 Å². The first-order valence-electron chi connectivity index (χ1n) is 6.04. The molecular formula is C14H19N3S. The van der Waals surface area contributed by atoms with Gasteiger partial charge in [0.05, 0.1) is 11.6 Å². The van der Waals surface area contributed by atoms with Crippen LogP contribution in [-0.4, -0.2) is 24.0 Å². The van der Waals surface area contributed by atoms with Crippen molar-refractivity contribution >= 4 is 17.0 Å².